The van der Waals surface area contributed by atoms with Gasteiger partial charge in [0.15, 0.2) is 0 Å². The van der Waals surface area contributed by atoms with E-state index in [-0.39, 0.29) is 21.9 Å². The van der Waals surface area contributed by atoms with Crippen molar-refractivity contribution in [3.8, 4) is 0 Å². The summed E-state index contributed by atoms with van der Waals surface area (Å²) in [7, 11) is -3.68. The molecular weight excluding hydrogens is 416 g/mol. The van der Waals surface area contributed by atoms with Crippen LogP contribution in [-0.4, -0.2) is 43.2 Å². The second kappa shape index (κ2) is 7.78. The zero-order valence-electron chi connectivity index (χ0n) is 15.7. The van der Waals surface area contributed by atoms with E-state index in [9.17, 15) is 13.2 Å². The molecule has 0 bridgehead atoms. The number of hydrogen-bond acceptors (Lipinski definition) is 4. The van der Waals surface area contributed by atoms with Gasteiger partial charge in [0.25, 0.3) is 5.91 Å². The van der Waals surface area contributed by atoms with Crippen LogP contribution in [0.25, 0.3) is 0 Å². The van der Waals surface area contributed by atoms with Gasteiger partial charge in [0.05, 0.1) is 11.1 Å². The van der Waals surface area contributed by atoms with Crippen LogP contribution in [0.15, 0.2) is 35.2 Å². The number of rotatable bonds is 4. The third kappa shape index (κ3) is 3.61. The third-order valence-corrected chi connectivity index (χ3v) is 8.95. The van der Waals surface area contributed by atoms with Crippen molar-refractivity contribution in [2.75, 3.05) is 19.6 Å². The van der Waals surface area contributed by atoms with Crippen LogP contribution >= 0.6 is 22.9 Å². The zero-order chi connectivity index (χ0) is 19.9. The molecule has 5 nitrogen and oxygen atoms in total. The molecule has 3 heterocycles. The number of benzene rings is 1. The van der Waals surface area contributed by atoms with Crippen molar-refractivity contribution < 1.29 is 13.2 Å². The smallest absolute Gasteiger partial charge is 0.254 e. The molecule has 150 valence electrons. The molecule has 0 spiro atoms. The molecule has 2 fully saturated rings. The number of carbonyl (C=O) groups is 1. The number of amides is 1. The first kappa shape index (κ1) is 19.9. The molecule has 2 saturated heterocycles. The molecule has 0 saturated carbocycles. The standard InChI is InChI=1S/C20H23ClN2O3S2/c1-14-6-9-18(27-14)17-5-4-12-23(17)20(24)15-7-8-16(21)19(13-15)28(25,26)22-10-2-3-11-22/h6-9,13,17H,2-5,10-12H2,1H3. The van der Waals surface area contributed by atoms with Gasteiger partial charge in [-0.1, -0.05) is 11.6 Å². The molecule has 0 N–H and O–H groups in total. The number of thiophene rings is 1. The van der Waals surface area contributed by atoms with Crippen LogP contribution in [0.3, 0.4) is 0 Å². The molecule has 1 aromatic heterocycles. The molecule has 2 aliphatic rings. The summed E-state index contributed by atoms with van der Waals surface area (Å²) in [4.78, 5) is 17.5. The quantitative estimate of drug-likeness (QED) is 0.707. The number of likely N-dealkylation sites (tertiary alicyclic amines) is 1. The molecule has 1 aromatic carbocycles. The van der Waals surface area contributed by atoms with Crippen LogP contribution in [0.4, 0.5) is 0 Å². The van der Waals surface area contributed by atoms with E-state index in [0.717, 1.165) is 25.7 Å². The van der Waals surface area contributed by atoms with Crippen molar-refractivity contribution >= 4 is 38.9 Å². The van der Waals surface area contributed by atoms with E-state index in [4.69, 9.17) is 11.6 Å². The average molecular weight is 439 g/mol. The maximum atomic E-state index is 13.2. The largest absolute Gasteiger partial charge is 0.331 e. The van der Waals surface area contributed by atoms with Crippen LogP contribution in [0.1, 0.15) is 51.8 Å². The Hall–Kier alpha value is -1.41. The number of halogens is 1. The van der Waals surface area contributed by atoms with Gasteiger partial charge >= 0.3 is 0 Å². The Morgan fingerprint density at radius 2 is 1.86 bits per heavy atom. The van der Waals surface area contributed by atoms with E-state index in [0.29, 0.717) is 25.2 Å². The molecule has 2 aromatic rings. The van der Waals surface area contributed by atoms with E-state index in [2.05, 4.69) is 19.1 Å². The van der Waals surface area contributed by atoms with Crippen molar-refractivity contribution in [3.05, 3.63) is 50.7 Å². The lowest BCUT2D eigenvalue weighted by Gasteiger charge is -2.24. The molecule has 0 aliphatic carbocycles. The van der Waals surface area contributed by atoms with Gasteiger partial charge in [-0.3, -0.25) is 4.79 Å². The highest BCUT2D eigenvalue weighted by atomic mass is 35.5. The van der Waals surface area contributed by atoms with Gasteiger partial charge in [-0.25, -0.2) is 8.42 Å². The Morgan fingerprint density at radius 1 is 1.11 bits per heavy atom. The average Bonchev–Trinajstić information content (AvgIpc) is 3.42. The first-order valence-corrected chi connectivity index (χ1v) is 12.2. The predicted molar refractivity (Wildman–Crippen MR) is 112 cm³/mol. The minimum absolute atomic E-state index is 0.0321. The second-order valence-electron chi connectivity index (χ2n) is 7.36. The fourth-order valence-electron chi connectivity index (χ4n) is 4.01. The van der Waals surface area contributed by atoms with E-state index in [1.165, 1.54) is 26.2 Å². The van der Waals surface area contributed by atoms with E-state index < -0.39 is 10.0 Å². The predicted octanol–water partition coefficient (Wildman–Crippen LogP) is 4.47. The molecule has 1 unspecified atom stereocenters. The van der Waals surface area contributed by atoms with Gasteiger partial charge in [0.2, 0.25) is 10.0 Å². The Labute approximate surface area is 175 Å². The first-order chi connectivity index (χ1) is 13.4. The number of nitrogens with zero attached hydrogens (tertiary/aromatic N) is 2. The maximum absolute atomic E-state index is 13.2. The monoisotopic (exact) mass is 438 g/mol. The summed E-state index contributed by atoms with van der Waals surface area (Å²) in [5.74, 6) is -0.136. The van der Waals surface area contributed by atoms with Gasteiger partial charge in [0, 0.05) is 35.0 Å². The molecule has 1 amide bonds. The molecular formula is C20H23ClN2O3S2. The van der Waals surface area contributed by atoms with Crippen LogP contribution in [0.5, 0.6) is 0 Å². The molecule has 28 heavy (non-hydrogen) atoms. The maximum Gasteiger partial charge on any atom is 0.254 e. The highest BCUT2D eigenvalue weighted by molar-refractivity contribution is 7.89. The van der Waals surface area contributed by atoms with Gasteiger partial charge in [0.1, 0.15) is 4.90 Å². The fraction of sp³-hybridized carbons (Fsp3) is 0.450. The van der Waals surface area contributed by atoms with Crippen molar-refractivity contribution in [1.82, 2.24) is 9.21 Å². The lowest BCUT2D eigenvalue weighted by molar-refractivity contribution is 0.0737. The van der Waals surface area contributed by atoms with Gasteiger partial charge in [-0.15, -0.1) is 11.3 Å². The summed E-state index contributed by atoms with van der Waals surface area (Å²) >= 11 is 7.93. The Kier molecular flexibility index (Phi) is 5.53. The topological polar surface area (TPSA) is 57.7 Å². The summed E-state index contributed by atoms with van der Waals surface area (Å²) in [6.07, 6.45) is 3.58. The number of carbonyl (C=O) groups excluding carboxylic acids is 1. The summed E-state index contributed by atoms with van der Waals surface area (Å²) in [5, 5.41) is 0.162. The first-order valence-electron chi connectivity index (χ1n) is 9.55. The van der Waals surface area contributed by atoms with E-state index in [1.807, 2.05) is 4.90 Å². The highest BCUT2D eigenvalue weighted by Crippen LogP contribution is 2.37. The molecule has 2 aliphatic heterocycles. The normalized spacial score (nSPS) is 20.8. The van der Waals surface area contributed by atoms with Crippen LogP contribution in [0, 0.1) is 6.92 Å². The second-order valence-corrected chi connectivity index (χ2v) is 11.0. The van der Waals surface area contributed by atoms with Gasteiger partial charge in [-0.2, -0.15) is 4.31 Å². The molecule has 1 atom stereocenters. The number of sulfonamides is 1. The molecule has 4 rings (SSSR count). The minimum atomic E-state index is -3.68. The lowest BCUT2D eigenvalue weighted by atomic mass is 10.1. The van der Waals surface area contributed by atoms with E-state index in [1.54, 1.807) is 17.4 Å². The van der Waals surface area contributed by atoms with E-state index >= 15 is 0 Å². The van der Waals surface area contributed by atoms with Crippen molar-refractivity contribution in [2.45, 2.75) is 43.5 Å². The highest BCUT2D eigenvalue weighted by Gasteiger charge is 2.33. The summed E-state index contributed by atoms with van der Waals surface area (Å²) < 4.78 is 27.4. The summed E-state index contributed by atoms with van der Waals surface area (Å²) in [6, 6.07) is 8.82. The third-order valence-electron chi connectivity index (χ3n) is 5.46. The zero-order valence-corrected chi connectivity index (χ0v) is 18.1. The van der Waals surface area contributed by atoms with Crippen LogP contribution in [-0.2, 0) is 10.0 Å². The Bertz CT molecular complexity index is 997. The molecule has 8 heteroatoms. The van der Waals surface area contributed by atoms with Crippen molar-refractivity contribution in [3.63, 3.8) is 0 Å². The number of aryl methyl sites for hydroxylation is 1. The van der Waals surface area contributed by atoms with Crippen LogP contribution in [0.2, 0.25) is 5.02 Å². The number of hydrogen-bond donors (Lipinski definition) is 0. The Morgan fingerprint density at radius 3 is 2.54 bits per heavy atom. The summed E-state index contributed by atoms with van der Waals surface area (Å²) in [5.41, 5.74) is 0.377. The van der Waals surface area contributed by atoms with Gasteiger partial charge in [-0.05, 0) is 62.9 Å². The SMILES string of the molecule is Cc1ccc(C2CCCN2C(=O)c2ccc(Cl)c(S(=O)(=O)N3CCCC3)c2)s1. The lowest BCUT2D eigenvalue weighted by Crippen LogP contribution is -2.31. The van der Waals surface area contributed by atoms with Gasteiger partial charge < -0.3 is 4.90 Å². The fourth-order valence-corrected chi connectivity index (χ4v) is 7.05. The summed E-state index contributed by atoms with van der Waals surface area (Å²) in [6.45, 7) is 3.74. The van der Waals surface area contributed by atoms with Crippen molar-refractivity contribution in [1.29, 1.82) is 0 Å². The van der Waals surface area contributed by atoms with Crippen LogP contribution < -0.4 is 0 Å². The Balaban J connectivity index is 1.65. The molecule has 0 radical (unpaired) electrons. The van der Waals surface area contributed by atoms with Crippen molar-refractivity contribution in [2.24, 2.45) is 0 Å². The minimum Gasteiger partial charge on any atom is -0.331 e.